The van der Waals surface area contributed by atoms with E-state index in [1.54, 1.807) is 18.3 Å². The summed E-state index contributed by atoms with van der Waals surface area (Å²) in [6.45, 7) is 6.86. The number of alkyl halides is 2. The van der Waals surface area contributed by atoms with Gasteiger partial charge in [0.15, 0.2) is 0 Å². The highest BCUT2D eigenvalue weighted by Gasteiger charge is 2.26. The number of hydrogen-bond acceptors (Lipinski definition) is 7. The number of pyridine rings is 1. The zero-order valence-electron chi connectivity index (χ0n) is 23.6. The number of rotatable bonds is 9. The molecule has 0 unspecified atom stereocenters. The molecule has 2 aliphatic heterocycles. The summed E-state index contributed by atoms with van der Waals surface area (Å²) in [5, 5.41) is 5.64. The summed E-state index contributed by atoms with van der Waals surface area (Å²) >= 11 is 0. The molecule has 1 amide bonds. The van der Waals surface area contributed by atoms with Crippen molar-refractivity contribution in [1.82, 2.24) is 15.2 Å². The molecule has 0 fully saturated rings. The first-order valence-corrected chi connectivity index (χ1v) is 13.8. The fourth-order valence-electron chi connectivity index (χ4n) is 5.07. The largest absolute Gasteiger partial charge is 0.387 e. The van der Waals surface area contributed by atoms with E-state index in [4.69, 9.17) is 11.5 Å². The van der Waals surface area contributed by atoms with Gasteiger partial charge in [-0.25, -0.2) is 13.8 Å². The number of carbonyl (C=O) groups is 1. The molecule has 0 saturated carbocycles. The lowest BCUT2D eigenvalue weighted by Crippen LogP contribution is -2.38. The maximum Gasteiger partial charge on any atom is 0.276 e. The van der Waals surface area contributed by atoms with Crippen LogP contribution in [0.25, 0.3) is 11.8 Å². The van der Waals surface area contributed by atoms with Crippen molar-refractivity contribution in [3.63, 3.8) is 0 Å². The number of amides is 1. The highest BCUT2D eigenvalue weighted by Crippen LogP contribution is 2.28. The second-order valence-corrected chi connectivity index (χ2v) is 10.9. The number of aliphatic imine (C=N–C) groups is 1. The Balaban J connectivity index is 1.21. The molecule has 0 spiro atoms. The Kier molecular flexibility index (Phi) is 8.46. The first-order chi connectivity index (χ1) is 20.1. The summed E-state index contributed by atoms with van der Waals surface area (Å²) in [4.78, 5) is 24.5. The van der Waals surface area contributed by atoms with Crippen LogP contribution in [0.2, 0.25) is 0 Å². The average Bonchev–Trinajstić information content (AvgIpc) is 3.11. The van der Waals surface area contributed by atoms with Crippen LogP contribution in [-0.4, -0.2) is 47.2 Å². The van der Waals surface area contributed by atoms with E-state index in [9.17, 15) is 13.6 Å². The molecule has 0 saturated heterocycles. The average molecular weight is 572 g/mol. The van der Waals surface area contributed by atoms with Crippen LogP contribution in [0.5, 0.6) is 0 Å². The molecule has 0 aliphatic carbocycles. The van der Waals surface area contributed by atoms with E-state index in [1.165, 1.54) is 0 Å². The molecule has 5 rings (SSSR count). The van der Waals surface area contributed by atoms with Crippen LogP contribution in [0.15, 0.2) is 71.9 Å². The van der Waals surface area contributed by atoms with Gasteiger partial charge in [0.25, 0.3) is 11.8 Å². The summed E-state index contributed by atoms with van der Waals surface area (Å²) in [5.74, 6) is -2.70. The Morgan fingerprint density at radius 1 is 1.14 bits per heavy atom. The number of nitrogens with zero attached hydrogens (tertiary/aromatic N) is 3. The first-order valence-electron chi connectivity index (χ1n) is 13.8. The fourth-order valence-corrected chi connectivity index (χ4v) is 5.07. The van der Waals surface area contributed by atoms with Gasteiger partial charge in [0.1, 0.15) is 5.84 Å². The summed E-state index contributed by atoms with van der Waals surface area (Å²) in [6, 6.07) is 15.1. The van der Waals surface area contributed by atoms with Crippen LogP contribution in [0.4, 0.5) is 20.2 Å². The van der Waals surface area contributed by atoms with Crippen LogP contribution >= 0.6 is 0 Å². The minimum absolute atomic E-state index is 0.242. The fraction of sp³-hybridized carbons (Fsp3) is 0.281. The van der Waals surface area contributed by atoms with Crippen molar-refractivity contribution in [2.75, 3.05) is 25.0 Å². The Hall–Kier alpha value is -4.41. The van der Waals surface area contributed by atoms with Crippen molar-refractivity contribution in [2.24, 2.45) is 16.5 Å². The number of amidine groups is 1. The van der Waals surface area contributed by atoms with Crippen molar-refractivity contribution in [2.45, 2.75) is 38.8 Å². The molecule has 0 bridgehead atoms. The van der Waals surface area contributed by atoms with Crippen LogP contribution in [0.3, 0.4) is 0 Å². The standard InChI is InChI=1S/C32H35F2N7O/c1-20-11-24-7-8-25(14-29(24)40-30(36)12-20)31(42)39-27-13-26-17-41(10-9-28(26)37-15-27)16-22-3-5-23(6-4-22)21(2)38-19-32(33,34)18-35/h3-8,11,13-15,38H,2,9-10,12,16-19,35H2,1H3,(H2,36,40)(H,39,42). The Bertz CT molecular complexity index is 1560. The third-order valence-corrected chi connectivity index (χ3v) is 7.36. The second kappa shape index (κ2) is 12.2. The maximum atomic E-state index is 13.4. The van der Waals surface area contributed by atoms with Gasteiger partial charge < -0.3 is 22.1 Å². The molecule has 3 heterocycles. The topological polar surface area (TPSA) is 122 Å². The number of nitrogens with two attached hydrogens (primary N) is 2. The molecule has 3 aromatic rings. The lowest BCUT2D eigenvalue weighted by atomic mass is 10.0. The third-order valence-electron chi connectivity index (χ3n) is 7.36. The van der Waals surface area contributed by atoms with Gasteiger partial charge in [-0.2, -0.15) is 0 Å². The number of aromatic nitrogens is 1. The summed E-state index contributed by atoms with van der Waals surface area (Å²) in [6.07, 6.45) is 5.14. The second-order valence-electron chi connectivity index (χ2n) is 10.9. The van der Waals surface area contributed by atoms with Crippen LogP contribution in [-0.2, 0) is 19.5 Å². The van der Waals surface area contributed by atoms with Crippen molar-refractivity contribution < 1.29 is 13.6 Å². The summed E-state index contributed by atoms with van der Waals surface area (Å²) < 4.78 is 26.9. The minimum Gasteiger partial charge on any atom is -0.387 e. The lowest BCUT2D eigenvalue weighted by molar-refractivity contribution is 0.0157. The van der Waals surface area contributed by atoms with E-state index in [1.807, 2.05) is 49.4 Å². The van der Waals surface area contributed by atoms with Gasteiger partial charge in [-0.15, -0.1) is 0 Å². The molecule has 8 nitrogen and oxygen atoms in total. The van der Waals surface area contributed by atoms with Crippen LogP contribution < -0.4 is 22.1 Å². The Morgan fingerprint density at radius 3 is 2.67 bits per heavy atom. The molecule has 42 heavy (non-hydrogen) atoms. The molecule has 2 aliphatic rings. The number of halogens is 2. The van der Waals surface area contributed by atoms with E-state index in [0.29, 0.717) is 48.0 Å². The summed E-state index contributed by atoms with van der Waals surface area (Å²) in [7, 11) is 0. The van der Waals surface area contributed by atoms with Crippen molar-refractivity contribution in [1.29, 1.82) is 0 Å². The lowest BCUT2D eigenvalue weighted by Gasteiger charge is -2.28. The quantitative estimate of drug-likeness (QED) is 0.292. The van der Waals surface area contributed by atoms with Gasteiger partial charge in [-0.1, -0.05) is 48.6 Å². The van der Waals surface area contributed by atoms with E-state index in [0.717, 1.165) is 46.5 Å². The Morgan fingerprint density at radius 2 is 1.90 bits per heavy atom. The monoisotopic (exact) mass is 571 g/mol. The molecular formula is C32H35F2N7O. The van der Waals surface area contributed by atoms with Crippen molar-refractivity contribution in [3.05, 3.63) is 100 Å². The van der Waals surface area contributed by atoms with E-state index in [-0.39, 0.29) is 5.91 Å². The van der Waals surface area contributed by atoms with Gasteiger partial charge in [0.2, 0.25) is 0 Å². The maximum absolute atomic E-state index is 13.4. The summed E-state index contributed by atoms with van der Waals surface area (Å²) in [5.41, 5.74) is 19.3. The molecular weight excluding hydrogens is 536 g/mol. The highest BCUT2D eigenvalue weighted by atomic mass is 19.3. The zero-order valence-corrected chi connectivity index (χ0v) is 23.6. The molecule has 0 atom stereocenters. The third kappa shape index (κ3) is 7.07. The van der Waals surface area contributed by atoms with Crippen molar-refractivity contribution in [3.8, 4) is 0 Å². The highest BCUT2D eigenvalue weighted by molar-refractivity contribution is 6.05. The number of anilines is 1. The normalized spacial score (nSPS) is 15.0. The van der Waals surface area contributed by atoms with Gasteiger partial charge in [0, 0.05) is 55.0 Å². The van der Waals surface area contributed by atoms with Crippen LogP contribution in [0, 0.1) is 0 Å². The number of carbonyl (C=O) groups excluding carboxylic acids is 1. The van der Waals surface area contributed by atoms with E-state index in [2.05, 4.69) is 32.1 Å². The predicted molar refractivity (Wildman–Crippen MR) is 163 cm³/mol. The molecule has 10 heteroatoms. The number of hydrogen-bond donors (Lipinski definition) is 4. The minimum atomic E-state index is -2.98. The number of fused-ring (bicyclic) bond motifs is 2. The van der Waals surface area contributed by atoms with Gasteiger partial charge >= 0.3 is 0 Å². The van der Waals surface area contributed by atoms with E-state index >= 15 is 0 Å². The molecule has 0 radical (unpaired) electrons. The first kappa shape index (κ1) is 29.1. The predicted octanol–water partition coefficient (Wildman–Crippen LogP) is 4.84. The molecule has 218 valence electrons. The van der Waals surface area contributed by atoms with Gasteiger partial charge in [0.05, 0.1) is 30.7 Å². The Labute approximate surface area is 244 Å². The number of benzene rings is 2. The van der Waals surface area contributed by atoms with Crippen molar-refractivity contribution >= 4 is 34.9 Å². The molecule has 1 aromatic heterocycles. The van der Waals surface area contributed by atoms with E-state index < -0.39 is 19.0 Å². The SMILES string of the molecule is C=C(NCC(F)(F)CN)c1ccc(CN2CCc3ncc(NC(=O)c4ccc5c(c4)N=C(N)CC(C)=C5)cc3C2)cc1. The zero-order chi connectivity index (χ0) is 29.9. The van der Waals surface area contributed by atoms with Gasteiger partial charge in [-0.3, -0.25) is 14.7 Å². The molecule has 2 aromatic carbocycles. The van der Waals surface area contributed by atoms with Crippen LogP contribution in [0.1, 0.15) is 51.7 Å². The smallest absolute Gasteiger partial charge is 0.276 e. The van der Waals surface area contributed by atoms with Gasteiger partial charge in [-0.05, 0) is 41.8 Å². The number of nitrogens with one attached hydrogen (secondary N) is 2. The molecule has 6 N–H and O–H groups in total.